The minimum absolute atomic E-state index is 0.0702. The lowest BCUT2D eigenvalue weighted by molar-refractivity contribution is -0.384. The number of carbonyl (C=O) groups is 2. The average Bonchev–Trinajstić information content (AvgIpc) is 3.25. The van der Waals surface area contributed by atoms with E-state index in [2.05, 4.69) is 15.6 Å². The fraction of sp³-hybridized carbons (Fsp3) is 0.357. The molecule has 24 heavy (non-hydrogen) atoms. The van der Waals surface area contributed by atoms with E-state index in [1.54, 1.807) is 0 Å². The monoisotopic (exact) mass is 368 g/mol. The van der Waals surface area contributed by atoms with Crippen LogP contribution in [-0.2, 0) is 9.59 Å². The molecule has 1 atom stereocenters. The number of carbonyl (C=O) groups excluding carboxylic acids is 2. The molecule has 0 unspecified atom stereocenters. The molecular formula is C14H13ClN4O4S. The molecule has 3 rings (SSSR count). The Hall–Kier alpha value is -2.13. The van der Waals surface area contributed by atoms with Gasteiger partial charge in [-0.2, -0.15) is 0 Å². The first-order valence-electron chi connectivity index (χ1n) is 7.21. The van der Waals surface area contributed by atoms with Crippen LogP contribution in [0.1, 0.15) is 19.3 Å². The van der Waals surface area contributed by atoms with Crippen LogP contribution in [0.5, 0.6) is 0 Å². The van der Waals surface area contributed by atoms with Crippen LogP contribution in [0, 0.1) is 10.1 Å². The van der Waals surface area contributed by atoms with Crippen LogP contribution in [0.3, 0.4) is 0 Å². The molecular weight excluding hydrogens is 356 g/mol. The molecule has 1 aliphatic heterocycles. The molecule has 2 fully saturated rings. The van der Waals surface area contributed by atoms with E-state index in [-0.39, 0.29) is 34.8 Å². The third kappa shape index (κ3) is 4.04. The number of hydrogen-bond acceptors (Lipinski definition) is 6. The van der Waals surface area contributed by atoms with E-state index >= 15 is 0 Å². The molecule has 2 aliphatic rings. The second kappa shape index (κ2) is 6.78. The first-order valence-corrected chi connectivity index (χ1v) is 8.47. The van der Waals surface area contributed by atoms with Gasteiger partial charge < -0.3 is 10.6 Å². The number of anilines is 1. The Morgan fingerprint density at radius 2 is 2.25 bits per heavy atom. The second-order valence-corrected chi connectivity index (χ2v) is 7.03. The number of halogens is 1. The maximum atomic E-state index is 12.1. The van der Waals surface area contributed by atoms with Gasteiger partial charge in [0.2, 0.25) is 11.8 Å². The van der Waals surface area contributed by atoms with Crippen molar-refractivity contribution in [1.82, 2.24) is 5.32 Å². The second-order valence-electron chi connectivity index (χ2n) is 5.43. The molecule has 0 bridgehead atoms. The van der Waals surface area contributed by atoms with Crippen LogP contribution in [0.25, 0.3) is 0 Å². The lowest BCUT2D eigenvalue weighted by atomic mass is 10.2. The predicted octanol–water partition coefficient (Wildman–Crippen LogP) is 2.33. The third-order valence-corrected chi connectivity index (χ3v) is 4.85. The van der Waals surface area contributed by atoms with Gasteiger partial charge in [0.15, 0.2) is 5.17 Å². The van der Waals surface area contributed by atoms with Crippen LogP contribution in [0.15, 0.2) is 23.2 Å². The molecule has 1 heterocycles. The number of nitrogens with one attached hydrogen (secondary N) is 2. The van der Waals surface area contributed by atoms with Gasteiger partial charge in [0.05, 0.1) is 21.7 Å². The number of aliphatic imine (C=N–C) groups is 1. The minimum Gasteiger partial charge on any atom is -0.325 e. The van der Waals surface area contributed by atoms with Gasteiger partial charge in [0.1, 0.15) is 5.25 Å². The van der Waals surface area contributed by atoms with E-state index in [1.165, 1.54) is 30.0 Å². The lowest BCUT2D eigenvalue weighted by Crippen LogP contribution is -2.28. The number of rotatable bonds is 5. The number of non-ortho nitro benzene ring substituents is 1. The fourth-order valence-electron chi connectivity index (χ4n) is 2.06. The molecule has 0 radical (unpaired) electrons. The topological polar surface area (TPSA) is 114 Å². The van der Waals surface area contributed by atoms with Crippen LogP contribution in [-0.4, -0.2) is 33.2 Å². The summed E-state index contributed by atoms with van der Waals surface area (Å²) < 4.78 is 0. The van der Waals surface area contributed by atoms with E-state index in [1.807, 2.05) is 0 Å². The number of amides is 2. The Labute approximate surface area is 146 Å². The maximum absolute atomic E-state index is 12.1. The number of hydrogen-bond donors (Lipinski definition) is 2. The minimum atomic E-state index is -0.577. The van der Waals surface area contributed by atoms with Crippen LogP contribution in [0.4, 0.5) is 11.4 Å². The standard InChI is InChI=1S/C14H13ClN4O4S/c15-9-4-3-8(19(22)23)5-10(9)17-12(20)6-11-13(21)18-14(24-11)16-7-1-2-7/h3-5,7,11H,1-2,6H2,(H,17,20)(H,16,18,21)/t11-/m0/s1. The summed E-state index contributed by atoms with van der Waals surface area (Å²) in [5, 5.41) is 16.1. The smallest absolute Gasteiger partial charge is 0.271 e. The van der Waals surface area contributed by atoms with Crippen LogP contribution in [0.2, 0.25) is 5.02 Å². The zero-order valence-electron chi connectivity index (χ0n) is 12.3. The summed E-state index contributed by atoms with van der Waals surface area (Å²) in [4.78, 5) is 38.5. The van der Waals surface area contributed by atoms with E-state index in [0.717, 1.165) is 12.8 Å². The molecule has 10 heteroatoms. The summed E-state index contributed by atoms with van der Waals surface area (Å²) in [5.74, 6) is -0.711. The zero-order chi connectivity index (χ0) is 17.3. The number of thioether (sulfide) groups is 1. The first-order chi connectivity index (χ1) is 11.4. The predicted molar refractivity (Wildman–Crippen MR) is 91.3 cm³/mol. The molecule has 1 aliphatic carbocycles. The summed E-state index contributed by atoms with van der Waals surface area (Å²) >= 11 is 7.16. The van der Waals surface area contributed by atoms with Crippen molar-refractivity contribution in [3.8, 4) is 0 Å². The molecule has 1 aromatic carbocycles. The Morgan fingerprint density at radius 3 is 2.92 bits per heavy atom. The van der Waals surface area contributed by atoms with Crippen molar-refractivity contribution < 1.29 is 14.5 Å². The summed E-state index contributed by atoms with van der Waals surface area (Å²) in [6.07, 6.45) is 1.98. The quantitative estimate of drug-likeness (QED) is 0.611. The molecule has 1 saturated carbocycles. The van der Waals surface area contributed by atoms with E-state index in [9.17, 15) is 19.7 Å². The molecule has 0 spiro atoms. The Balaban J connectivity index is 1.62. The highest BCUT2D eigenvalue weighted by Gasteiger charge is 2.33. The number of nitro groups is 1. The van der Waals surface area contributed by atoms with Crippen molar-refractivity contribution in [2.24, 2.45) is 4.99 Å². The van der Waals surface area contributed by atoms with Crippen molar-refractivity contribution >= 4 is 51.7 Å². The highest BCUT2D eigenvalue weighted by molar-refractivity contribution is 8.15. The number of benzene rings is 1. The van der Waals surface area contributed by atoms with Gasteiger partial charge in [0.25, 0.3) is 5.69 Å². The molecule has 126 valence electrons. The largest absolute Gasteiger partial charge is 0.325 e. The van der Waals surface area contributed by atoms with Gasteiger partial charge in [-0.1, -0.05) is 23.4 Å². The summed E-state index contributed by atoms with van der Waals surface area (Å²) in [6, 6.07) is 4.05. The fourth-order valence-corrected chi connectivity index (χ4v) is 3.27. The highest BCUT2D eigenvalue weighted by Crippen LogP contribution is 2.30. The van der Waals surface area contributed by atoms with Gasteiger partial charge in [-0.05, 0) is 18.9 Å². The van der Waals surface area contributed by atoms with Gasteiger partial charge in [-0.25, -0.2) is 0 Å². The SMILES string of the molecule is O=C(C[C@@H]1SC(=NC2CC2)NC1=O)Nc1cc([N+](=O)[O-])ccc1Cl. The molecule has 2 N–H and O–H groups in total. The molecule has 2 amide bonds. The molecule has 0 aromatic heterocycles. The Bertz CT molecular complexity index is 750. The highest BCUT2D eigenvalue weighted by atomic mass is 35.5. The van der Waals surface area contributed by atoms with Crippen LogP contribution < -0.4 is 10.6 Å². The third-order valence-electron chi connectivity index (χ3n) is 3.43. The molecule has 1 aromatic rings. The van der Waals surface area contributed by atoms with Crippen molar-refractivity contribution in [2.75, 3.05) is 5.32 Å². The van der Waals surface area contributed by atoms with Gasteiger partial charge >= 0.3 is 0 Å². The van der Waals surface area contributed by atoms with Gasteiger partial charge in [0, 0.05) is 18.6 Å². The lowest BCUT2D eigenvalue weighted by Gasteiger charge is -2.08. The zero-order valence-corrected chi connectivity index (χ0v) is 13.9. The van der Waals surface area contributed by atoms with Gasteiger partial charge in [-0.15, -0.1) is 0 Å². The van der Waals surface area contributed by atoms with Gasteiger partial charge in [-0.3, -0.25) is 24.7 Å². The summed E-state index contributed by atoms with van der Waals surface area (Å²) in [7, 11) is 0. The summed E-state index contributed by atoms with van der Waals surface area (Å²) in [5.41, 5.74) is -0.0346. The van der Waals surface area contributed by atoms with Crippen molar-refractivity contribution in [3.05, 3.63) is 33.3 Å². The van der Waals surface area contributed by atoms with Crippen molar-refractivity contribution in [2.45, 2.75) is 30.6 Å². The average molecular weight is 369 g/mol. The number of amidine groups is 1. The number of nitrogens with zero attached hydrogens (tertiary/aromatic N) is 2. The van der Waals surface area contributed by atoms with E-state index in [0.29, 0.717) is 5.17 Å². The first kappa shape index (κ1) is 16.7. The maximum Gasteiger partial charge on any atom is 0.271 e. The van der Waals surface area contributed by atoms with Crippen molar-refractivity contribution in [3.63, 3.8) is 0 Å². The van der Waals surface area contributed by atoms with Crippen LogP contribution >= 0.6 is 23.4 Å². The number of nitro benzene ring substituents is 1. The normalized spacial score (nSPS) is 21.6. The molecule has 1 saturated heterocycles. The van der Waals surface area contributed by atoms with E-state index in [4.69, 9.17) is 11.6 Å². The Kier molecular flexibility index (Phi) is 4.72. The summed E-state index contributed by atoms with van der Waals surface area (Å²) in [6.45, 7) is 0. The molecule has 8 nitrogen and oxygen atoms in total. The van der Waals surface area contributed by atoms with Crippen molar-refractivity contribution in [1.29, 1.82) is 0 Å². The Morgan fingerprint density at radius 1 is 1.50 bits per heavy atom. The van der Waals surface area contributed by atoms with E-state index < -0.39 is 16.1 Å².